The summed E-state index contributed by atoms with van der Waals surface area (Å²) in [5.74, 6) is 0.349. The molecule has 1 fully saturated rings. The van der Waals surface area contributed by atoms with Crippen molar-refractivity contribution in [2.45, 2.75) is 13.8 Å². The third kappa shape index (κ3) is 5.04. The fraction of sp³-hybridized carbons (Fsp3) is 0.227. The normalized spacial score (nSPS) is 15.0. The Morgan fingerprint density at radius 1 is 1.07 bits per heavy atom. The summed E-state index contributed by atoms with van der Waals surface area (Å²) in [6.45, 7) is 4.37. The number of Topliss-reactive ketones (excluding diaryl/α,β-unsaturated/α-hetero) is 1. The first-order chi connectivity index (χ1) is 14.4. The number of halogens is 1. The molecule has 2 amide bonds. The van der Waals surface area contributed by atoms with E-state index >= 15 is 0 Å². The number of hydrogen-bond acceptors (Lipinski definition) is 6. The van der Waals surface area contributed by atoms with Crippen LogP contribution in [0.5, 0.6) is 11.5 Å². The highest BCUT2D eigenvalue weighted by atomic mass is 35.5. The zero-order valence-corrected chi connectivity index (χ0v) is 18.1. The second-order valence-corrected chi connectivity index (χ2v) is 7.69. The van der Waals surface area contributed by atoms with E-state index in [2.05, 4.69) is 0 Å². The first kappa shape index (κ1) is 21.9. The molecule has 2 aromatic carbocycles. The number of benzene rings is 2. The highest BCUT2D eigenvalue weighted by molar-refractivity contribution is 8.18. The highest BCUT2D eigenvalue weighted by Gasteiger charge is 2.36. The number of ketones is 1. The number of ether oxygens (including phenoxy) is 2. The summed E-state index contributed by atoms with van der Waals surface area (Å²) in [5.41, 5.74) is 1.03. The molecule has 1 saturated heterocycles. The zero-order valence-electron chi connectivity index (χ0n) is 16.5. The number of thioether (sulfide) groups is 1. The molecular weight excluding hydrogens is 426 g/mol. The van der Waals surface area contributed by atoms with E-state index in [0.717, 1.165) is 16.7 Å². The summed E-state index contributed by atoms with van der Waals surface area (Å²) >= 11 is 6.63. The molecule has 0 atom stereocenters. The van der Waals surface area contributed by atoms with Gasteiger partial charge in [0.25, 0.3) is 11.1 Å². The third-order valence-electron chi connectivity index (χ3n) is 4.22. The lowest BCUT2D eigenvalue weighted by molar-refractivity contribution is -0.122. The molecule has 6 nitrogen and oxygen atoms in total. The molecule has 0 unspecified atom stereocenters. The van der Waals surface area contributed by atoms with Crippen molar-refractivity contribution < 1.29 is 23.9 Å². The molecule has 0 saturated carbocycles. The maximum Gasteiger partial charge on any atom is 0.293 e. The summed E-state index contributed by atoms with van der Waals surface area (Å²) in [7, 11) is 0. The first-order valence-corrected chi connectivity index (χ1v) is 10.6. The summed E-state index contributed by atoms with van der Waals surface area (Å²) in [5, 5.41) is 0.0126. The number of amides is 2. The Labute approximate surface area is 183 Å². The average Bonchev–Trinajstić information content (AvgIpc) is 2.98. The summed E-state index contributed by atoms with van der Waals surface area (Å²) in [4.78, 5) is 38.7. The molecule has 1 heterocycles. The molecule has 0 N–H and O–H groups in total. The Morgan fingerprint density at radius 3 is 2.43 bits per heavy atom. The SMILES string of the molecule is CCOc1ccc(C=C2SC(=O)N(CC(=O)c3ccc(Cl)cc3)C2=O)c(OCC)c1. The lowest BCUT2D eigenvalue weighted by atomic mass is 10.1. The molecule has 8 heteroatoms. The van der Waals surface area contributed by atoms with Gasteiger partial charge in [-0.15, -0.1) is 0 Å². The van der Waals surface area contributed by atoms with Crippen molar-refractivity contribution in [3.63, 3.8) is 0 Å². The van der Waals surface area contributed by atoms with Crippen LogP contribution in [0.1, 0.15) is 29.8 Å². The molecular formula is C22H20ClNO5S. The van der Waals surface area contributed by atoms with Gasteiger partial charge in [0.05, 0.1) is 24.7 Å². The van der Waals surface area contributed by atoms with Crippen molar-refractivity contribution in [2.75, 3.05) is 19.8 Å². The van der Waals surface area contributed by atoms with Gasteiger partial charge >= 0.3 is 0 Å². The Bertz CT molecular complexity index is 1000. The lowest BCUT2D eigenvalue weighted by Gasteiger charge is -2.12. The van der Waals surface area contributed by atoms with Crippen LogP contribution in [0.25, 0.3) is 6.08 Å². The van der Waals surface area contributed by atoms with E-state index in [9.17, 15) is 14.4 Å². The Balaban J connectivity index is 1.80. The Hall–Kier alpha value is -2.77. The van der Waals surface area contributed by atoms with Gasteiger partial charge in [-0.05, 0) is 68.1 Å². The lowest BCUT2D eigenvalue weighted by Crippen LogP contribution is -2.33. The van der Waals surface area contributed by atoms with Crippen LogP contribution >= 0.6 is 23.4 Å². The van der Waals surface area contributed by atoms with Crippen LogP contribution in [-0.2, 0) is 4.79 Å². The van der Waals surface area contributed by atoms with Gasteiger partial charge in [0, 0.05) is 22.2 Å². The van der Waals surface area contributed by atoms with Crippen LogP contribution in [0, 0.1) is 0 Å². The van der Waals surface area contributed by atoms with Gasteiger partial charge in [-0.25, -0.2) is 0 Å². The van der Waals surface area contributed by atoms with E-state index in [-0.39, 0.29) is 17.2 Å². The molecule has 0 radical (unpaired) electrons. The quantitative estimate of drug-likeness (QED) is 0.418. The molecule has 0 aliphatic carbocycles. The van der Waals surface area contributed by atoms with Crippen molar-refractivity contribution in [2.24, 2.45) is 0 Å². The molecule has 30 heavy (non-hydrogen) atoms. The van der Waals surface area contributed by atoms with Crippen LogP contribution < -0.4 is 9.47 Å². The van der Waals surface area contributed by atoms with Crippen LogP contribution in [0.2, 0.25) is 5.02 Å². The number of carbonyl (C=O) groups excluding carboxylic acids is 3. The van der Waals surface area contributed by atoms with Crippen molar-refractivity contribution >= 4 is 46.4 Å². The number of carbonyl (C=O) groups is 3. The Kier molecular flexibility index (Phi) is 7.18. The van der Waals surface area contributed by atoms with Crippen LogP contribution in [0.15, 0.2) is 47.4 Å². The number of rotatable bonds is 8. The summed E-state index contributed by atoms with van der Waals surface area (Å²) in [6.07, 6.45) is 1.60. The minimum atomic E-state index is -0.511. The monoisotopic (exact) mass is 445 g/mol. The molecule has 156 valence electrons. The van der Waals surface area contributed by atoms with E-state index in [4.69, 9.17) is 21.1 Å². The van der Waals surface area contributed by atoms with Gasteiger partial charge < -0.3 is 9.47 Å². The van der Waals surface area contributed by atoms with Gasteiger partial charge in [0.1, 0.15) is 11.5 Å². The van der Waals surface area contributed by atoms with Crippen LogP contribution in [-0.4, -0.2) is 41.6 Å². The Morgan fingerprint density at radius 2 is 1.77 bits per heavy atom. The maximum absolute atomic E-state index is 12.8. The van der Waals surface area contributed by atoms with Gasteiger partial charge in [0.2, 0.25) is 0 Å². The number of imide groups is 1. The maximum atomic E-state index is 12.8. The highest BCUT2D eigenvalue weighted by Crippen LogP contribution is 2.35. The van der Waals surface area contributed by atoms with Crippen LogP contribution in [0.4, 0.5) is 4.79 Å². The van der Waals surface area contributed by atoms with Gasteiger partial charge in [-0.1, -0.05) is 11.6 Å². The van der Waals surface area contributed by atoms with Crippen molar-refractivity contribution in [3.05, 3.63) is 63.5 Å². The van der Waals surface area contributed by atoms with E-state index in [1.165, 1.54) is 0 Å². The molecule has 0 spiro atoms. The minimum Gasteiger partial charge on any atom is -0.494 e. The largest absolute Gasteiger partial charge is 0.494 e. The predicted octanol–water partition coefficient (Wildman–Crippen LogP) is 5.06. The molecule has 0 aromatic heterocycles. The van der Waals surface area contributed by atoms with Crippen LogP contribution in [0.3, 0.4) is 0 Å². The topological polar surface area (TPSA) is 72.9 Å². The van der Waals surface area contributed by atoms with E-state index < -0.39 is 11.1 Å². The summed E-state index contributed by atoms with van der Waals surface area (Å²) < 4.78 is 11.1. The minimum absolute atomic E-state index is 0.231. The standard InChI is InChI=1S/C22H20ClNO5S/c1-3-28-17-10-7-15(19(12-17)29-4-2)11-20-21(26)24(22(27)30-20)13-18(25)14-5-8-16(23)9-6-14/h5-12H,3-4,13H2,1-2H3. The second kappa shape index (κ2) is 9.82. The van der Waals surface area contributed by atoms with Gasteiger partial charge in [0.15, 0.2) is 5.78 Å². The van der Waals surface area contributed by atoms with E-state index in [1.807, 2.05) is 13.8 Å². The average molecular weight is 446 g/mol. The summed E-state index contributed by atoms with van der Waals surface area (Å²) in [6, 6.07) is 11.6. The number of nitrogens with zero attached hydrogens (tertiary/aromatic N) is 1. The number of hydrogen-bond donors (Lipinski definition) is 0. The predicted molar refractivity (Wildman–Crippen MR) is 117 cm³/mol. The van der Waals surface area contributed by atoms with Gasteiger partial charge in [-0.3, -0.25) is 19.3 Å². The zero-order chi connectivity index (χ0) is 21.7. The first-order valence-electron chi connectivity index (χ1n) is 9.36. The van der Waals surface area contributed by atoms with E-state index in [0.29, 0.717) is 40.9 Å². The second-order valence-electron chi connectivity index (χ2n) is 6.26. The van der Waals surface area contributed by atoms with Crippen molar-refractivity contribution in [3.8, 4) is 11.5 Å². The third-order valence-corrected chi connectivity index (χ3v) is 5.38. The fourth-order valence-electron chi connectivity index (χ4n) is 2.82. The molecule has 1 aliphatic rings. The molecule has 3 rings (SSSR count). The molecule has 0 bridgehead atoms. The molecule has 2 aromatic rings. The van der Waals surface area contributed by atoms with Crippen molar-refractivity contribution in [1.82, 2.24) is 4.90 Å². The molecule has 1 aliphatic heterocycles. The fourth-order valence-corrected chi connectivity index (χ4v) is 3.77. The van der Waals surface area contributed by atoms with Crippen molar-refractivity contribution in [1.29, 1.82) is 0 Å². The van der Waals surface area contributed by atoms with Gasteiger partial charge in [-0.2, -0.15) is 0 Å². The smallest absolute Gasteiger partial charge is 0.293 e. The van der Waals surface area contributed by atoms with E-state index in [1.54, 1.807) is 48.5 Å².